The van der Waals surface area contributed by atoms with Crippen LogP contribution in [-0.4, -0.2) is 28.7 Å². The Balaban J connectivity index is 1.57. The van der Waals surface area contributed by atoms with E-state index in [2.05, 4.69) is 48.1 Å². The van der Waals surface area contributed by atoms with E-state index in [0.29, 0.717) is 42.6 Å². The van der Waals surface area contributed by atoms with Gasteiger partial charge in [-0.25, -0.2) is 0 Å². The molecule has 5 saturated carbocycles. The van der Waals surface area contributed by atoms with Crippen LogP contribution in [0.4, 0.5) is 0 Å². The van der Waals surface area contributed by atoms with Crippen LogP contribution in [0.15, 0.2) is 12.2 Å². The highest BCUT2D eigenvalue weighted by molar-refractivity contribution is 5.89. The lowest BCUT2D eigenvalue weighted by molar-refractivity contribution is -0.242. The monoisotopic (exact) mass is 456 g/mol. The number of rotatable bonds is 2. The smallest absolute Gasteiger partial charge is 0.167 e. The Hall–Kier alpha value is -0.670. The van der Waals surface area contributed by atoms with Gasteiger partial charge in [-0.1, -0.05) is 46.8 Å². The van der Waals surface area contributed by atoms with E-state index in [1.165, 1.54) is 37.7 Å². The van der Waals surface area contributed by atoms with E-state index >= 15 is 0 Å². The number of aliphatic hydroxyl groups is 2. The molecule has 3 nitrogen and oxygen atoms in total. The summed E-state index contributed by atoms with van der Waals surface area (Å²) in [6, 6.07) is 0. The van der Waals surface area contributed by atoms with Crippen molar-refractivity contribution in [2.24, 2.45) is 56.7 Å². The number of Topliss-reactive ketones (excluding diaryl/α,β-unsaturated/α-hetero) is 1. The Kier molecular flexibility index (Phi) is 5.24. The lowest BCUT2D eigenvalue weighted by atomic mass is 9.32. The van der Waals surface area contributed by atoms with Crippen LogP contribution in [-0.2, 0) is 4.79 Å². The molecule has 0 aromatic heterocycles. The highest BCUT2D eigenvalue weighted by Crippen LogP contribution is 2.77. The van der Waals surface area contributed by atoms with Gasteiger partial charge in [-0.05, 0) is 116 Å². The van der Waals surface area contributed by atoms with E-state index in [0.717, 1.165) is 19.3 Å². The molecule has 2 N–H and O–H groups in total. The maximum Gasteiger partial charge on any atom is 0.167 e. The molecule has 10 atom stereocenters. The molecule has 33 heavy (non-hydrogen) atoms. The van der Waals surface area contributed by atoms with Crippen molar-refractivity contribution in [3.05, 3.63) is 12.2 Å². The fourth-order valence-corrected chi connectivity index (χ4v) is 11.5. The topological polar surface area (TPSA) is 57.5 Å². The van der Waals surface area contributed by atoms with Crippen LogP contribution in [0, 0.1) is 56.7 Å². The lowest BCUT2D eigenvalue weighted by Gasteiger charge is -2.72. The molecule has 5 aliphatic carbocycles. The second-order valence-corrected chi connectivity index (χ2v) is 14.5. The lowest BCUT2D eigenvalue weighted by Crippen LogP contribution is -2.67. The van der Waals surface area contributed by atoms with Crippen LogP contribution in [0.3, 0.4) is 0 Å². The Morgan fingerprint density at radius 3 is 2.27 bits per heavy atom. The number of carbonyl (C=O) groups is 1. The van der Waals surface area contributed by atoms with Gasteiger partial charge in [0, 0.05) is 12.0 Å². The van der Waals surface area contributed by atoms with Gasteiger partial charge >= 0.3 is 0 Å². The first-order valence-corrected chi connectivity index (χ1v) is 13.8. The second kappa shape index (κ2) is 7.19. The minimum absolute atomic E-state index is 0.00670. The zero-order valence-corrected chi connectivity index (χ0v) is 22.0. The molecule has 0 amide bonds. The Bertz CT molecular complexity index is 861. The van der Waals surface area contributed by atoms with E-state index in [9.17, 15) is 15.0 Å². The van der Waals surface area contributed by atoms with Crippen LogP contribution in [0.2, 0.25) is 0 Å². The fourth-order valence-electron chi connectivity index (χ4n) is 11.5. The van der Waals surface area contributed by atoms with Gasteiger partial charge in [0.05, 0.1) is 0 Å². The summed E-state index contributed by atoms with van der Waals surface area (Å²) in [6.45, 7) is 18.8. The van der Waals surface area contributed by atoms with Crippen LogP contribution < -0.4 is 0 Å². The minimum atomic E-state index is -0.815. The molecule has 0 aliphatic heterocycles. The summed E-state index contributed by atoms with van der Waals surface area (Å²) < 4.78 is 0. The summed E-state index contributed by atoms with van der Waals surface area (Å²) in [5, 5.41) is 21.5. The number of hydrogen-bond donors (Lipinski definition) is 2. The Labute approximate surface area is 201 Å². The van der Waals surface area contributed by atoms with Crippen molar-refractivity contribution in [1.82, 2.24) is 0 Å². The van der Waals surface area contributed by atoms with Gasteiger partial charge in [0.1, 0.15) is 6.10 Å². The van der Waals surface area contributed by atoms with E-state index in [-0.39, 0.29) is 27.4 Å². The third-order valence-electron chi connectivity index (χ3n) is 13.3. The van der Waals surface area contributed by atoms with Gasteiger partial charge < -0.3 is 10.2 Å². The van der Waals surface area contributed by atoms with Crippen LogP contribution in [0.25, 0.3) is 0 Å². The average molecular weight is 457 g/mol. The maximum absolute atomic E-state index is 13.0. The first-order chi connectivity index (χ1) is 15.3. The maximum atomic E-state index is 13.0. The third kappa shape index (κ3) is 2.79. The van der Waals surface area contributed by atoms with Crippen molar-refractivity contribution in [3.63, 3.8) is 0 Å². The Morgan fingerprint density at radius 2 is 1.64 bits per heavy atom. The number of allylic oxidation sites excluding steroid dienone is 1. The number of hydrogen-bond acceptors (Lipinski definition) is 3. The van der Waals surface area contributed by atoms with Crippen LogP contribution in [0.1, 0.15) is 99.3 Å². The zero-order chi connectivity index (χ0) is 24.2. The molecule has 5 aliphatic rings. The molecule has 0 spiro atoms. The largest absolute Gasteiger partial charge is 0.396 e. The molecule has 0 aromatic carbocycles. The number of carbonyl (C=O) groups excluding carboxylic acids is 1. The van der Waals surface area contributed by atoms with Gasteiger partial charge in [-0.3, -0.25) is 4.79 Å². The van der Waals surface area contributed by atoms with Crippen molar-refractivity contribution in [2.45, 2.75) is 105 Å². The van der Waals surface area contributed by atoms with Crippen molar-refractivity contribution in [3.8, 4) is 0 Å². The Morgan fingerprint density at radius 1 is 0.939 bits per heavy atom. The first-order valence-electron chi connectivity index (χ1n) is 13.8. The molecule has 0 bridgehead atoms. The molecule has 0 radical (unpaired) electrons. The SMILES string of the molecule is C=C(C)[C@@H]1CC[C@]2(CO)CC[C@]3(C)[C@H](CC[C@@H]4[C@@]5(C)C[C@@H](O)C(=O)C(C)(C)[C@@H]5CC[C@]43C)[C@H]12. The second-order valence-electron chi connectivity index (χ2n) is 14.5. The molecule has 3 heteroatoms. The molecular weight excluding hydrogens is 408 g/mol. The van der Waals surface area contributed by atoms with Gasteiger partial charge in [0.25, 0.3) is 0 Å². The third-order valence-corrected chi connectivity index (χ3v) is 13.3. The average Bonchev–Trinajstić information content (AvgIpc) is 3.13. The summed E-state index contributed by atoms with van der Waals surface area (Å²) in [5.74, 6) is 2.69. The summed E-state index contributed by atoms with van der Waals surface area (Å²) in [7, 11) is 0. The molecular formula is C30H48O3. The fraction of sp³-hybridized carbons (Fsp3) is 0.900. The predicted molar refractivity (Wildman–Crippen MR) is 132 cm³/mol. The van der Waals surface area contributed by atoms with Crippen molar-refractivity contribution < 1.29 is 15.0 Å². The standard InChI is InChI=1S/C30H48O3/c1-18(2)19-10-13-30(17-31)15-14-28(6)20(24(19)30)8-9-23-27(5)16-21(32)25(33)26(3,4)22(27)11-12-29(23,28)7/h19-24,31-32H,1,8-17H2,2-7H3/t19-,20+,21+,22-,23+,24-,27-,28+,29+,30+/m0/s1. The van der Waals surface area contributed by atoms with Crippen molar-refractivity contribution in [2.75, 3.05) is 6.61 Å². The zero-order valence-electron chi connectivity index (χ0n) is 22.0. The highest BCUT2D eigenvalue weighted by Gasteiger charge is 2.71. The summed E-state index contributed by atoms with van der Waals surface area (Å²) in [4.78, 5) is 13.0. The van der Waals surface area contributed by atoms with E-state index in [1.54, 1.807) is 0 Å². The minimum Gasteiger partial charge on any atom is -0.396 e. The normalized spacial score (nSPS) is 55.2. The number of ketones is 1. The number of fused-ring (bicyclic) bond motifs is 7. The molecule has 5 fully saturated rings. The van der Waals surface area contributed by atoms with Gasteiger partial charge in [0.2, 0.25) is 0 Å². The molecule has 5 rings (SSSR count). The molecule has 0 heterocycles. The number of aliphatic hydroxyl groups excluding tert-OH is 2. The first kappa shape index (κ1) is 24.0. The van der Waals surface area contributed by atoms with E-state index in [4.69, 9.17) is 0 Å². The molecule has 186 valence electrons. The van der Waals surface area contributed by atoms with Crippen LogP contribution >= 0.6 is 0 Å². The molecule has 0 saturated heterocycles. The van der Waals surface area contributed by atoms with Gasteiger partial charge in [0.15, 0.2) is 5.78 Å². The predicted octanol–water partition coefficient (Wildman–Crippen LogP) is 6.18. The van der Waals surface area contributed by atoms with Gasteiger partial charge in [-0.15, -0.1) is 0 Å². The molecule has 0 aromatic rings. The summed E-state index contributed by atoms with van der Waals surface area (Å²) in [5.41, 5.74) is 1.42. The molecule has 0 unspecified atom stereocenters. The summed E-state index contributed by atoms with van der Waals surface area (Å²) >= 11 is 0. The van der Waals surface area contributed by atoms with Gasteiger partial charge in [-0.2, -0.15) is 0 Å². The van der Waals surface area contributed by atoms with E-state index in [1.807, 2.05) is 0 Å². The quantitative estimate of drug-likeness (QED) is 0.488. The summed E-state index contributed by atoms with van der Waals surface area (Å²) in [6.07, 6.45) is 9.21. The van der Waals surface area contributed by atoms with Crippen molar-refractivity contribution in [1.29, 1.82) is 0 Å². The van der Waals surface area contributed by atoms with Crippen molar-refractivity contribution >= 4 is 5.78 Å². The van der Waals surface area contributed by atoms with E-state index < -0.39 is 11.5 Å². The van der Waals surface area contributed by atoms with Crippen LogP contribution in [0.5, 0.6) is 0 Å². The highest BCUT2D eigenvalue weighted by atomic mass is 16.3.